The lowest BCUT2D eigenvalue weighted by Gasteiger charge is -2.20. The molecule has 0 unspecified atom stereocenters. The highest BCUT2D eigenvalue weighted by atomic mass is 16.1. The second-order valence-electron chi connectivity index (χ2n) is 6.30. The molecule has 0 saturated heterocycles. The molecule has 0 amide bonds. The molecule has 0 aliphatic heterocycles. The van der Waals surface area contributed by atoms with Crippen molar-refractivity contribution in [2.24, 2.45) is 0 Å². The van der Waals surface area contributed by atoms with Gasteiger partial charge in [0.1, 0.15) is 5.52 Å². The van der Waals surface area contributed by atoms with Gasteiger partial charge in [-0.15, -0.1) is 0 Å². The predicted octanol–water partition coefficient (Wildman–Crippen LogP) is 1.97. The van der Waals surface area contributed by atoms with Crippen LogP contribution in [0.25, 0.3) is 5.52 Å². The van der Waals surface area contributed by atoms with E-state index in [1.165, 1.54) is 0 Å². The van der Waals surface area contributed by atoms with Gasteiger partial charge in [-0.2, -0.15) is 5.10 Å². The van der Waals surface area contributed by atoms with Gasteiger partial charge in [-0.1, -0.05) is 0 Å². The van der Waals surface area contributed by atoms with Crippen molar-refractivity contribution in [2.75, 3.05) is 6.54 Å². The van der Waals surface area contributed by atoms with Crippen LogP contribution in [0.15, 0.2) is 23.3 Å². The van der Waals surface area contributed by atoms with E-state index in [0.29, 0.717) is 5.52 Å². The standard InChI is InChI=1S/C15H24N4O/c1-12-11-13-14(20)18(9-10-19(13)17-12)8-6-5-7-16-15(2,3)4/h9-11,16H,5-8H2,1-4H3. The lowest BCUT2D eigenvalue weighted by atomic mass is 10.1. The van der Waals surface area contributed by atoms with Crippen molar-refractivity contribution < 1.29 is 0 Å². The van der Waals surface area contributed by atoms with Crippen LogP contribution in [0, 0.1) is 6.92 Å². The van der Waals surface area contributed by atoms with Crippen molar-refractivity contribution in [3.05, 3.63) is 34.5 Å². The van der Waals surface area contributed by atoms with E-state index in [0.717, 1.165) is 31.6 Å². The second kappa shape index (κ2) is 5.79. The predicted molar refractivity (Wildman–Crippen MR) is 81.2 cm³/mol. The quantitative estimate of drug-likeness (QED) is 0.850. The van der Waals surface area contributed by atoms with Crippen LogP contribution in [-0.2, 0) is 6.54 Å². The third-order valence-electron chi connectivity index (χ3n) is 3.21. The molecule has 110 valence electrons. The summed E-state index contributed by atoms with van der Waals surface area (Å²) in [4.78, 5) is 12.3. The molecule has 5 nitrogen and oxygen atoms in total. The Balaban J connectivity index is 1.94. The first kappa shape index (κ1) is 14.8. The highest BCUT2D eigenvalue weighted by Gasteiger charge is 2.08. The van der Waals surface area contributed by atoms with Gasteiger partial charge < -0.3 is 9.88 Å². The van der Waals surface area contributed by atoms with Gasteiger partial charge in [0.25, 0.3) is 5.56 Å². The van der Waals surface area contributed by atoms with Gasteiger partial charge in [0.15, 0.2) is 0 Å². The monoisotopic (exact) mass is 276 g/mol. The Kier molecular flexibility index (Phi) is 4.28. The van der Waals surface area contributed by atoms with E-state index in [2.05, 4.69) is 31.2 Å². The summed E-state index contributed by atoms with van der Waals surface area (Å²) in [6.45, 7) is 10.1. The molecule has 0 spiro atoms. The molecule has 5 heteroatoms. The van der Waals surface area contributed by atoms with Gasteiger partial charge in [0.05, 0.1) is 5.69 Å². The van der Waals surface area contributed by atoms with Crippen molar-refractivity contribution >= 4 is 5.52 Å². The number of unbranched alkanes of at least 4 members (excludes halogenated alkanes) is 1. The van der Waals surface area contributed by atoms with E-state index in [1.54, 1.807) is 9.08 Å². The second-order valence-corrected chi connectivity index (χ2v) is 6.30. The fourth-order valence-electron chi connectivity index (χ4n) is 2.20. The number of aryl methyl sites for hydroxylation is 2. The Bertz CT molecular complexity index is 633. The average molecular weight is 276 g/mol. The van der Waals surface area contributed by atoms with E-state index in [9.17, 15) is 4.79 Å². The first-order chi connectivity index (χ1) is 9.37. The summed E-state index contributed by atoms with van der Waals surface area (Å²) < 4.78 is 3.42. The zero-order valence-corrected chi connectivity index (χ0v) is 12.8. The van der Waals surface area contributed by atoms with E-state index in [4.69, 9.17) is 0 Å². The van der Waals surface area contributed by atoms with Gasteiger partial charge in [0.2, 0.25) is 0 Å². The molecule has 2 heterocycles. The van der Waals surface area contributed by atoms with Crippen LogP contribution in [0.2, 0.25) is 0 Å². The molecule has 2 aromatic heterocycles. The molecule has 0 bridgehead atoms. The van der Waals surface area contributed by atoms with Crippen molar-refractivity contribution in [3.8, 4) is 0 Å². The minimum Gasteiger partial charge on any atom is -0.312 e. The molecule has 0 atom stereocenters. The number of nitrogens with one attached hydrogen (secondary N) is 1. The molecule has 0 fully saturated rings. The maximum Gasteiger partial charge on any atom is 0.276 e. The van der Waals surface area contributed by atoms with E-state index in [1.807, 2.05) is 25.4 Å². The first-order valence-electron chi connectivity index (χ1n) is 7.17. The Hall–Kier alpha value is -1.62. The van der Waals surface area contributed by atoms with Gasteiger partial charge in [-0.05, 0) is 53.1 Å². The highest BCUT2D eigenvalue weighted by Crippen LogP contribution is 2.02. The normalized spacial score (nSPS) is 12.2. The van der Waals surface area contributed by atoms with Gasteiger partial charge >= 0.3 is 0 Å². The molecule has 20 heavy (non-hydrogen) atoms. The van der Waals surface area contributed by atoms with Crippen LogP contribution < -0.4 is 10.9 Å². The molecule has 0 radical (unpaired) electrons. The summed E-state index contributed by atoms with van der Waals surface area (Å²) in [5, 5.41) is 7.70. The fourth-order valence-corrected chi connectivity index (χ4v) is 2.20. The van der Waals surface area contributed by atoms with E-state index < -0.39 is 0 Å². The fraction of sp³-hybridized carbons (Fsp3) is 0.600. The van der Waals surface area contributed by atoms with E-state index >= 15 is 0 Å². The molecule has 1 N–H and O–H groups in total. The van der Waals surface area contributed by atoms with Gasteiger partial charge in [-0.3, -0.25) is 4.79 Å². The van der Waals surface area contributed by atoms with Crippen molar-refractivity contribution in [2.45, 2.75) is 52.6 Å². The van der Waals surface area contributed by atoms with Crippen LogP contribution in [0.4, 0.5) is 0 Å². The summed E-state index contributed by atoms with van der Waals surface area (Å²) in [6, 6.07) is 1.83. The number of hydrogen-bond donors (Lipinski definition) is 1. The maximum absolute atomic E-state index is 12.3. The molecule has 0 aliphatic rings. The molecular weight excluding hydrogens is 252 g/mol. The minimum absolute atomic E-state index is 0.0388. The summed E-state index contributed by atoms with van der Waals surface area (Å²) in [6.07, 6.45) is 5.72. The Morgan fingerprint density at radius 2 is 2.00 bits per heavy atom. The van der Waals surface area contributed by atoms with Crippen LogP contribution in [0.1, 0.15) is 39.3 Å². The summed E-state index contributed by atoms with van der Waals surface area (Å²) in [5.41, 5.74) is 1.72. The average Bonchev–Trinajstić information content (AvgIpc) is 2.72. The van der Waals surface area contributed by atoms with Crippen LogP contribution in [-0.4, -0.2) is 26.3 Å². The summed E-state index contributed by atoms with van der Waals surface area (Å²) >= 11 is 0. The first-order valence-corrected chi connectivity index (χ1v) is 7.17. The van der Waals surface area contributed by atoms with Crippen molar-refractivity contribution in [3.63, 3.8) is 0 Å². The smallest absolute Gasteiger partial charge is 0.276 e. The third kappa shape index (κ3) is 3.70. The molecule has 0 aliphatic carbocycles. The molecule has 0 aromatic carbocycles. The Morgan fingerprint density at radius 1 is 1.25 bits per heavy atom. The Morgan fingerprint density at radius 3 is 2.70 bits per heavy atom. The number of aromatic nitrogens is 3. The topological polar surface area (TPSA) is 51.3 Å². The number of fused-ring (bicyclic) bond motifs is 1. The molecule has 2 aromatic rings. The molecule has 2 rings (SSSR count). The largest absolute Gasteiger partial charge is 0.312 e. The SMILES string of the molecule is Cc1cc2c(=O)n(CCCCNC(C)(C)C)ccn2n1. The maximum atomic E-state index is 12.3. The summed E-state index contributed by atoms with van der Waals surface area (Å²) in [7, 11) is 0. The number of nitrogens with zero attached hydrogens (tertiary/aromatic N) is 3. The van der Waals surface area contributed by atoms with E-state index in [-0.39, 0.29) is 11.1 Å². The van der Waals surface area contributed by atoms with Gasteiger partial charge in [-0.25, -0.2) is 4.52 Å². The van der Waals surface area contributed by atoms with Crippen LogP contribution in [0.3, 0.4) is 0 Å². The lowest BCUT2D eigenvalue weighted by molar-refractivity contribution is 0.413. The minimum atomic E-state index is 0.0388. The molecular formula is C15H24N4O. The molecule has 0 saturated carbocycles. The summed E-state index contributed by atoms with van der Waals surface area (Å²) in [5.74, 6) is 0. The van der Waals surface area contributed by atoms with Crippen molar-refractivity contribution in [1.82, 2.24) is 19.5 Å². The van der Waals surface area contributed by atoms with Crippen LogP contribution in [0.5, 0.6) is 0 Å². The third-order valence-corrected chi connectivity index (χ3v) is 3.21. The van der Waals surface area contributed by atoms with Gasteiger partial charge in [0, 0.05) is 24.5 Å². The van der Waals surface area contributed by atoms with Crippen LogP contribution >= 0.6 is 0 Å². The Labute approximate surface area is 119 Å². The zero-order chi connectivity index (χ0) is 14.8. The highest BCUT2D eigenvalue weighted by molar-refractivity contribution is 5.44. The number of rotatable bonds is 5. The lowest BCUT2D eigenvalue weighted by Crippen LogP contribution is -2.36. The van der Waals surface area contributed by atoms with Crippen molar-refractivity contribution in [1.29, 1.82) is 0 Å². The zero-order valence-electron chi connectivity index (χ0n) is 12.8. The number of hydrogen-bond acceptors (Lipinski definition) is 3.